The summed E-state index contributed by atoms with van der Waals surface area (Å²) in [7, 11) is 0. The van der Waals surface area contributed by atoms with Gasteiger partial charge >= 0.3 is 5.97 Å². The van der Waals surface area contributed by atoms with Gasteiger partial charge in [0.2, 0.25) is 5.91 Å². The lowest BCUT2D eigenvalue weighted by molar-refractivity contribution is -0.128. The Morgan fingerprint density at radius 2 is 1.95 bits per heavy atom. The number of nitrogen functional groups attached to an aromatic ring is 1. The van der Waals surface area contributed by atoms with Gasteiger partial charge in [-0.05, 0) is 24.6 Å². The van der Waals surface area contributed by atoms with E-state index in [1.165, 1.54) is 6.07 Å². The lowest BCUT2D eigenvalue weighted by Gasteiger charge is -2.25. The van der Waals surface area contributed by atoms with Gasteiger partial charge in [0.15, 0.2) is 0 Å². The number of carboxylic acid groups (broad SMARTS) is 1. The SMILES string of the molecule is CC(=O)N1CCCN(c2ccc(N)cc2C(=O)O)CC1. The molecule has 0 radical (unpaired) electrons. The van der Waals surface area contributed by atoms with Crippen molar-refractivity contribution in [3.8, 4) is 0 Å². The molecular weight excluding hydrogens is 258 g/mol. The molecule has 0 aliphatic carbocycles. The highest BCUT2D eigenvalue weighted by Gasteiger charge is 2.20. The molecule has 6 heteroatoms. The van der Waals surface area contributed by atoms with E-state index in [1.54, 1.807) is 24.0 Å². The molecule has 0 bridgehead atoms. The number of hydrogen-bond donors (Lipinski definition) is 2. The van der Waals surface area contributed by atoms with Crippen LogP contribution in [-0.2, 0) is 4.79 Å². The molecule has 20 heavy (non-hydrogen) atoms. The Kier molecular flexibility index (Phi) is 4.12. The summed E-state index contributed by atoms with van der Waals surface area (Å²) in [5.41, 5.74) is 6.96. The minimum Gasteiger partial charge on any atom is -0.478 e. The first-order valence-corrected chi connectivity index (χ1v) is 6.62. The average molecular weight is 277 g/mol. The Morgan fingerprint density at radius 1 is 1.20 bits per heavy atom. The highest BCUT2D eigenvalue weighted by atomic mass is 16.4. The van der Waals surface area contributed by atoms with Gasteiger partial charge in [0, 0.05) is 38.8 Å². The Balaban J connectivity index is 2.23. The monoisotopic (exact) mass is 277 g/mol. The number of nitrogens with zero attached hydrogens (tertiary/aromatic N) is 2. The molecule has 1 aromatic carbocycles. The molecule has 1 amide bonds. The van der Waals surface area contributed by atoms with Crippen molar-refractivity contribution in [3.63, 3.8) is 0 Å². The number of anilines is 2. The average Bonchev–Trinajstić information content (AvgIpc) is 2.64. The first kappa shape index (κ1) is 14.2. The van der Waals surface area contributed by atoms with E-state index in [9.17, 15) is 14.7 Å². The van der Waals surface area contributed by atoms with E-state index >= 15 is 0 Å². The smallest absolute Gasteiger partial charge is 0.337 e. The van der Waals surface area contributed by atoms with Crippen LogP contribution in [-0.4, -0.2) is 48.1 Å². The number of carboxylic acids is 1. The standard InChI is InChI=1S/C14H19N3O3/c1-10(18)16-5-2-6-17(8-7-16)13-4-3-11(15)9-12(13)14(19)20/h3-4,9H,2,5-8,15H2,1H3,(H,19,20). The second-order valence-corrected chi connectivity index (χ2v) is 4.93. The number of hydrogen-bond acceptors (Lipinski definition) is 4. The molecule has 0 unspecified atom stereocenters. The van der Waals surface area contributed by atoms with Crippen LogP contribution in [0.2, 0.25) is 0 Å². The first-order chi connectivity index (χ1) is 9.49. The van der Waals surface area contributed by atoms with Crippen molar-refractivity contribution < 1.29 is 14.7 Å². The molecular formula is C14H19N3O3. The molecule has 0 atom stereocenters. The highest BCUT2D eigenvalue weighted by Crippen LogP contribution is 2.24. The largest absolute Gasteiger partial charge is 0.478 e. The minimum atomic E-state index is -0.986. The zero-order valence-electron chi connectivity index (χ0n) is 11.5. The topological polar surface area (TPSA) is 86.9 Å². The molecule has 1 aromatic rings. The van der Waals surface area contributed by atoms with Crippen LogP contribution in [0.1, 0.15) is 23.7 Å². The fourth-order valence-corrected chi connectivity index (χ4v) is 2.47. The van der Waals surface area contributed by atoms with Crippen LogP contribution in [0.5, 0.6) is 0 Å². The van der Waals surface area contributed by atoms with Gasteiger partial charge in [-0.2, -0.15) is 0 Å². The van der Waals surface area contributed by atoms with Crippen LogP contribution in [0.3, 0.4) is 0 Å². The number of benzene rings is 1. The lowest BCUT2D eigenvalue weighted by Crippen LogP contribution is -2.34. The quantitative estimate of drug-likeness (QED) is 0.788. The molecule has 3 N–H and O–H groups in total. The Hall–Kier alpha value is -2.24. The van der Waals surface area contributed by atoms with Crippen molar-refractivity contribution in [2.45, 2.75) is 13.3 Å². The number of carbonyl (C=O) groups excluding carboxylic acids is 1. The van der Waals surface area contributed by atoms with Gasteiger partial charge < -0.3 is 20.6 Å². The molecule has 0 spiro atoms. The van der Waals surface area contributed by atoms with Crippen molar-refractivity contribution in [1.82, 2.24) is 4.90 Å². The Bertz CT molecular complexity index is 530. The van der Waals surface area contributed by atoms with Gasteiger partial charge in [-0.1, -0.05) is 0 Å². The minimum absolute atomic E-state index is 0.0580. The van der Waals surface area contributed by atoms with Crippen LogP contribution in [0, 0.1) is 0 Å². The van der Waals surface area contributed by atoms with E-state index in [0.29, 0.717) is 31.0 Å². The zero-order chi connectivity index (χ0) is 14.7. The van der Waals surface area contributed by atoms with E-state index in [4.69, 9.17) is 5.73 Å². The fourth-order valence-electron chi connectivity index (χ4n) is 2.47. The van der Waals surface area contributed by atoms with Crippen molar-refractivity contribution in [1.29, 1.82) is 0 Å². The maximum absolute atomic E-state index is 11.4. The van der Waals surface area contributed by atoms with Crippen molar-refractivity contribution in [2.75, 3.05) is 36.8 Å². The number of amides is 1. The van der Waals surface area contributed by atoms with Crippen LogP contribution >= 0.6 is 0 Å². The molecule has 1 saturated heterocycles. The summed E-state index contributed by atoms with van der Waals surface area (Å²) >= 11 is 0. The van der Waals surface area contributed by atoms with E-state index in [1.807, 2.05) is 4.90 Å². The molecule has 0 saturated carbocycles. The van der Waals surface area contributed by atoms with E-state index in [-0.39, 0.29) is 11.5 Å². The number of nitrogens with two attached hydrogens (primary N) is 1. The summed E-state index contributed by atoms with van der Waals surface area (Å²) in [5, 5.41) is 9.28. The molecule has 1 heterocycles. The van der Waals surface area contributed by atoms with Gasteiger partial charge in [0.05, 0.1) is 11.3 Å². The highest BCUT2D eigenvalue weighted by molar-refractivity contribution is 5.95. The summed E-state index contributed by atoms with van der Waals surface area (Å²) in [6.45, 7) is 4.24. The first-order valence-electron chi connectivity index (χ1n) is 6.62. The van der Waals surface area contributed by atoms with E-state index in [2.05, 4.69) is 0 Å². The molecule has 0 aromatic heterocycles. The third-order valence-corrected chi connectivity index (χ3v) is 3.53. The van der Waals surface area contributed by atoms with Gasteiger partial charge in [0.1, 0.15) is 0 Å². The van der Waals surface area contributed by atoms with Crippen LogP contribution < -0.4 is 10.6 Å². The molecule has 1 fully saturated rings. The van der Waals surface area contributed by atoms with Crippen LogP contribution in [0.25, 0.3) is 0 Å². The predicted molar refractivity (Wildman–Crippen MR) is 76.9 cm³/mol. The van der Waals surface area contributed by atoms with Crippen LogP contribution in [0.4, 0.5) is 11.4 Å². The number of aromatic carboxylic acids is 1. The Morgan fingerprint density at radius 3 is 2.60 bits per heavy atom. The molecule has 1 aliphatic rings. The second-order valence-electron chi connectivity index (χ2n) is 4.93. The molecule has 1 aliphatic heterocycles. The van der Waals surface area contributed by atoms with Gasteiger partial charge in [-0.3, -0.25) is 4.79 Å². The maximum atomic E-state index is 11.4. The summed E-state index contributed by atoms with van der Waals surface area (Å²) in [4.78, 5) is 26.5. The molecule has 108 valence electrons. The van der Waals surface area contributed by atoms with Crippen molar-refractivity contribution >= 4 is 23.3 Å². The fraction of sp³-hybridized carbons (Fsp3) is 0.429. The van der Waals surface area contributed by atoms with E-state index < -0.39 is 5.97 Å². The lowest BCUT2D eigenvalue weighted by atomic mass is 10.1. The van der Waals surface area contributed by atoms with Gasteiger partial charge in [-0.15, -0.1) is 0 Å². The summed E-state index contributed by atoms with van der Waals surface area (Å²) in [5.74, 6) is -0.928. The summed E-state index contributed by atoms with van der Waals surface area (Å²) in [6, 6.07) is 4.92. The van der Waals surface area contributed by atoms with Crippen LogP contribution in [0.15, 0.2) is 18.2 Å². The zero-order valence-corrected chi connectivity index (χ0v) is 11.5. The van der Waals surface area contributed by atoms with Crippen molar-refractivity contribution in [2.24, 2.45) is 0 Å². The summed E-state index contributed by atoms with van der Waals surface area (Å²) in [6.07, 6.45) is 0.822. The third kappa shape index (κ3) is 3.01. The van der Waals surface area contributed by atoms with Gasteiger partial charge in [-0.25, -0.2) is 4.79 Å². The molecule has 2 rings (SSSR count). The van der Waals surface area contributed by atoms with E-state index in [0.717, 1.165) is 13.0 Å². The maximum Gasteiger partial charge on any atom is 0.337 e. The number of carbonyl (C=O) groups is 2. The van der Waals surface area contributed by atoms with Gasteiger partial charge in [0.25, 0.3) is 0 Å². The van der Waals surface area contributed by atoms with Crippen molar-refractivity contribution in [3.05, 3.63) is 23.8 Å². The molecule has 6 nitrogen and oxygen atoms in total. The third-order valence-electron chi connectivity index (χ3n) is 3.53. The number of rotatable bonds is 2. The second kappa shape index (κ2) is 5.81. The normalized spacial score (nSPS) is 15.8. The Labute approximate surface area is 117 Å². The summed E-state index contributed by atoms with van der Waals surface area (Å²) < 4.78 is 0. The predicted octanol–water partition coefficient (Wildman–Crippen LogP) is 1.03.